The number of nitrogens with one attached hydrogen (secondary N) is 2. The second-order valence-corrected chi connectivity index (χ2v) is 11.6. The number of piperazine rings is 1. The number of aryl methyl sites for hydroxylation is 1. The minimum absolute atomic E-state index is 0.177. The van der Waals surface area contributed by atoms with Crippen molar-refractivity contribution in [1.82, 2.24) is 4.31 Å². The minimum Gasteiger partial charge on any atom is -0.323 e. The molecule has 2 N–H and O–H groups in total. The van der Waals surface area contributed by atoms with Gasteiger partial charge in [0.15, 0.2) is 6.04 Å². The van der Waals surface area contributed by atoms with Crippen molar-refractivity contribution in [2.75, 3.05) is 31.5 Å². The van der Waals surface area contributed by atoms with Crippen LogP contribution in [0.5, 0.6) is 0 Å². The maximum Gasteiger partial charge on any atom is 0.283 e. The van der Waals surface area contributed by atoms with E-state index in [1.807, 2.05) is 6.92 Å². The lowest BCUT2D eigenvalue weighted by molar-refractivity contribution is -0.917. The molecule has 0 bridgehead atoms. The molecule has 0 radical (unpaired) electrons. The molecule has 176 valence electrons. The Bertz CT molecular complexity index is 1180. The van der Waals surface area contributed by atoms with Crippen LogP contribution in [0.15, 0.2) is 29.2 Å². The Morgan fingerprint density at radius 3 is 2.61 bits per heavy atom. The van der Waals surface area contributed by atoms with Crippen molar-refractivity contribution in [2.24, 2.45) is 0 Å². The zero-order valence-electron chi connectivity index (χ0n) is 18.6. The minimum atomic E-state index is -3.91. The zero-order valence-corrected chi connectivity index (χ0v) is 20.2. The fourth-order valence-corrected chi connectivity index (χ4v) is 7.34. The number of nitriles is 1. The van der Waals surface area contributed by atoms with Gasteiger partial charge in [0.05, 0.1) is 31.7 Å². The molecule has 0 spiro atoms. The number of halogens is 1. The molecule has 7 nitrogen and oxygen atoms in total. The van der Waals surface area contributed by atoms with Crippen LogP contribution in [-0.4, -0.2) is 50.9 Å². The maximum atomic E-state index is 14.0. The lowest BCUT2D eigenvalue weighted by Gasteiger charge is -2.34. The number of benzene rings is 1. The molecule has 1 aromatic carbocycles. The number of amides is 1. The Labute approximate surface area is 197 Å². The van der Waals surface area contributed by atoms with Crippen LogP contribution in [0.3, 0.4) is 0 Å². The highest BCUT2D eigenvalue weighted by Crippen LogP contribution is 2.37. The van der Waals surface area contributed by atoms with Gasteiger partial charge in [0.1, 0.15) is 21.8 Å². The Balaban J connectivity index is 1.40. The summed E-state index contributed by atoms with van der Waals surface area (Å²) >= 11 is 1.51. The van der Waals surface area contributed by atoms with E-state index < -0.39 is 21.9 Å². The molecular formula is C23H28FN4O3S2+. The smallest absolute Gasteiger partial charge is 0.283 e. The van der Waals surface area contributed by atoms with Gasteiger partial charge in [-0.25, -0.2) is 12.8 Å². The molecule has 1 fully saturated rings. The van der Waals surface area contributed by atoms with E-state index >= 15 is 0 Å². The van der Waals surface area contributed by atoms with E-state index in [1.165, 1.54) is 38.7 Å². The molecule has 10 heteroatoms. The summed E-state index contributed by atoms with van der Waals surface area (Å²) in [6, 6.07) is 7.25. The van der Waals surface area contributed by atoms with E-state index in [0.717, 1.165) is 48.6 Å². The number of hydrogen-bond acceptors (Lipinski definition) is 5. The van der Waals surface area contributed by atoms with Crippen molar-refractivity contribution < 1.29 is 22.5 Å². The first-order valence-electron chi connectivity index (χ1n) is 11.3. The van der Waals surface area contributed by atoms with Gasteiger partial charge in [-0.2, -0.15) is 9.57 Å². The molecule has 0 saturated carbocycles. The molecule has 1 amide bonds. The summed E-state index contributed by atoms with van der Waals surface area (Å²) in [5, 5.41) is 13.3. The van der Waals surface area contributed by atoms with Crippen molar-refractivity contribution in [3.63, 3.8) is 0 Å². The Morgan fingerprint density at radius 2 is 1.91 bits per heavy atom. The predicted octanol–water partition coefficient (Wildman–Crippen LogP) is 1.94. The zero-order chi connectivity index (χ0) is 23.6. The fourth-order valence-electron chi connectivity index (χ4n) is 4.59. The number of hydrogen-bond donors (Lipinski definition) is 2. The molecule has 4 rings (SSSR count). The number of nitrogens with zero attached hydrogens (tertiary/aromatic N) is 2. The summed E-state index contributed by atoms with van der Waals surface area (Å²) in [6.07, 6.45) is 5.15. The average Bonchev–Trinajstić information content (AvgIpc) is 2.97. The molecular weight excluding hydrogens is 463 g/mol. The standard InChI is InChI=1S/C23H27FN4O3S2/c1-16(22(29)26-23-18(15-25)17-7-3-2-4-9-20(17)32-23)27-11-13-28(14-12-27)33(30,31)21-10-6-5-8-19(21)24/h5-6,8,10,16H,2-4,7,9,11-14H2,1H3,(H,26,29)/p+1. The lowest BCUT2D eigenvalue weighted by Crippen LogP contribution is -3.19. The van der Waals surface area contributed by atoms with E-state index in [1.54, 1.807) is 0 Å². The van der Waals surface area contributed by atoms with Gasteiger partial charge in [-0.3, -0.25) is 4.79 Å². The summed E-state index contributed by atoms with van der Waals surface area (Å²) < 4.78 is 41.0. The van der Waals surface area contributed by atoms with Crippen molar-refractivity contribution in [1.29, 1.82) is 5.26 Å². The first-order valence-corrected chi connectivity index (χ1v) is 13.5. The Morgan fingerprint density at radius 1 is 1.21 bits per heavy atom. The molecule has 1 aromatic heterocycles. The van der Waals surface area contributed by atoms with Gasteiger partial charge in [0, 0.05) is 4.88 Å². The van der Waals surface area contributed by atoms with Crippen LogP contribution in [0.1, 0.15) is 42.2 Å². The molecule has 1 atom stereocenters. The Kier molecular flexibility index (Phi) is 7.14. The maximum absolute atomic E-state index is 14.0. The van der Waals surface area contributed by atoms with Crippen LogP contribution in [0.25, 0.3) is 0 Å². The van der Waals surface area contributed by atoms with Crippen LogP contribution in [-0.2, 0) is 27.7 Å². The Hall–Kier alpha value is -2.32. The third kappa shape index (κ3) is 4.82. The molecule has 1 aliphatic heterocycles. The number of carbonyl (C=O) groups excluding carboxylic acids is 1. The highest BCUT2D eigenvalue weighted by Gasteiger charge is 2.36. The molecule has 2 heterocycles. The van der Waals surface area contributed by atoms with Gasteiger partial charge in [0.2, 0.25) is 10.0 Å². The topological polar surface area (TPSA) is 94.7 Å². The van der Waals surface area contributed by atoms with Gasteiger partial charge >= 0.3 is 0 Å². The highest BCUT2D eigenvalue weighted by molar-refractivity contribution is 7.89. The average molecular weight is 492 g/mol. The van der Waals surface area contributed by atoms with Crippen molar-refractivity contribution in [3.8, 4) is 6.07 Å². The monoisotopic (exact) mass is 491 g/mol. The largest absolute Gasteiger partial charge is 0.323 e. The number of carbonyl (C=O) groups is 1. The van der Waals surface area contributed by atoms with E-state index in [-0.39, 0.29) is 23.9 Å². The third-order valence-electron chi connectivity index (χ3n) is 6.59. The second-order valence-electron chi connectivity index (χ2n) is 8.58. The third-order valence-corrected chi connectivity index (χ3v) is 9.73. The molecule has 2 aromatic rings. The SMILES string of the molecule is CC(C(=O)Nc1sc2c(c1C#N)CCCCC2)[NH+]1CCN(S(=O)(=O)c2ccccc2F)CC1. The fraction of sp³-hybridized carbons (Fsp3) is 0.478. The summed E-state index contributed by atoms with van der Waals surface area (Å²) in [7, 11) is -3.91. The molecule has 1 saturated heterocycles. The number of rotatable bonds is 5. The van der Waals surface area contributed by atoms with Crippen LogP contribution >= 0.6 is 11.3 Å². The van der Waals surface area contributed by atoms with Crippen LogP contribution in [0.4, 0.5) is 9.39 Å². The summed E-state index contributed by atoms with van der Waals surface area (Å²) in [6.45, 7) is 3.11. The quantitative estimate of drug-likeness (QED) is 0.625. The van der Waals surface area contributed by atoms with Crippen LogP contribution < -0.4 is 10.2 Å². The molecule has 1 unspecified atom stereocenters. The van der Waals surface area contributed by atoms with Crippen LogP contribution in [0, 0.1) is 17.1 Å². The van der Waals surface area contributed by atoms with Crippen LogP contribution in [0.2, 0.25) is 0 Å². The van der Waals surface area contributed by atoms with Crippen molar-refractivity contribution in [3.05, 3.63) is 46.1 Å². The lowest BCUT2D eigenvalue weighted by atomic mass is 10.1. The number of quaternary nitrogens is 1. The first-order chi connectivity index (χ1) is 15.8. The number of anilines is 1. The molecule has 1 aliphatic carbocycles. The molecule has 2 aliphatic rings. The normalized spacial score (nSPS) is 18.7. The second kappa shape index (κ2) is 9.89. The van der Waals surface area contributed by atoms with E-state index in [4.69, 9.17) is 0 Å². The number of fused-ring (bicyclic) bond motifs is 1. The summed E-state index contributed by atoms with van der Waals surface area (Å²) in [4.78, 5) is 14.8. The van der Waals surface area contributed by atoms with Crippen molar-refractivity contribution >= 4 is 32.3 Å². The van der Waals surface area contributed by atoms with Gasteiger partial charge in [-0.05, 0) is 50.3 Å². The van der Waals surface area contributed by atoms with E-state index in [9.17, 15) is 22.9 Å². The first kappa shape index (κ1) is 23.8. The van der Waals surface area contributed by atoms with Gasteiger partial charge in [0.25, 0.3) is 5.91 Å². The summed E-state index contributed by atoms with van der Waals surface area (Å²) in [5.41, 5.74) is 1.68. The number of sulfonamides is 1. The molecule has 33 heavy (non-hydrogen) atoms. The predicted molar refractivity (Wildman–Crippen MR) is 124 cm³/mol. The van der Waals surface area contributed by atoms with Gasteiger partial charge in [-0.15, -0.1) is 11.3 Å². The van der Waals surface area contributed by atoms with E-state index in [0.29, 0.717) is 23.7 Å². The number of thiophene rings is 1. The van der Waals surface area contributed by atoms with Crippen molar-refractivity contribution in [2.45, 2.75) is 50.0 Å². The van der Waals surface area contributed by atoms with Gasteiger partial charge in [-0.1, -0.05) is 18.6 Å². The highest BCUT2D eigenvalue weighted by atomic mass is 32.2. The summed E-state index contributed by atoms with van der Waals surface area (Å²) in [5.74, 6) is -0.939. The van der Waals surface area contributed by atoms with E-state index in [2.05, 4.69) is 11.4 Å². The van der Waals surface area contributed by atoms with Gasteiger partial charge < -0.3 is 10.2 Å².